The number of hydrogen-bond acceptors (Lipinski definition) is 6. The lowest BCUT2D eigenvalue weighted by atomic mass is 10.2. The summed E-state index contributed by atoms with van der Waals surface area (Å²) in [5, 5.41) is 23.6. The maximum absolute atomic E-state index is 8.79. The molecule has 0 aliphatic carbocycles. The first kappa shape index (κ1) is 15.5. The molecule has 1 heterocycles. The van der Waals surface area contributed by atoms with Gasteiger partial charge in [0, 0.05) is 12.7 Å². The summed E-state index contributed by atoms with van der Waals surface area (Å²) in [4.78, 5) is 0. The number of tetrazole rings is 1. The number of hydrogen-bond donors (Lipinski definition) is 1. The maximum atomic E-state index is 8.79. The highest BCUT2D eigenvalue weighted by Gasteiger charge is 2.12. The third-order valence-corrected chi connectivity index (χ3v) is 3.50. The molecule has 0 aliphatic heterocycles. The second kappa shape index (κ2) is 6.79. The number of rotatable bonds is 5. The summed E-state index contributed by atoms with van der Waals surface area (Å²) in [5.74, 6) is 2.17. The molecular weight excluding hydrogens is 304 g/mol. The molecule has 0 saturated carbocycles. The quantitative estimate of drug-likeness (QED) is 0.777. The van der Waals surface area contributed by atoms with Crippen molar-refractivity contribution in [3.05, 3.63) is 59.9 Å². The van der Waals surface area contributed by atoms with Gasteiger partial charge in [0.05, 0.1) is 17.7 Å². The molecule has 120 valence electrons. The van der Waals surface area contributed by atoms with Crippen molar-refractivity contribution in [3.63, 3.8) is 0 Å². The number of nitrogens with zero attached hydrogens (tertiary/aromatic N) is 5. The van der Waals surface area contributed by atoms with Crippen LogP contribution in [0.25, 0.3) is 0 Å². The zero-order chi connectivity index (χ0) is 16.9. The van der Waals surface area contributed by atoms with E-state index in [-0.39, 0.29) is 6.04 Å². The SMILES string of the molecule is C[C@H](Nc1ccc(Oc2ccc(C#N)cc2)cc1)c1nnnn1C. The Balaban J connectivity index is 1.64. The van der Waals surface area contributed by atoms with Gasteiger partial charge < -0.3 is 10.1 Å². The Bertz CT molecular complexity index is 848. The summed E-state index contributed by atoms with van der Waals surface area (Å²) < 4.78 is 7.39. The first-order valence-corrected chi connectivity index (χ1v) is 7.42. The largest absolute Gasteiger partial charge is 0.457 e. The maximum Gasteiger partial charge on any atom is 0.173 e. The number of benzene rings is 2. The van der Waals surface area contributed by atoms with Crippen LogP contribution < -0.4 is 10.1 Å². The molecule has 1 atom stereocenters. The van der Waals surface area contributed by atoms with Gasteiger partial charge in [0.25, 0.3) is 0 Å². The summed E-state index contributed by atoms with van der Waals surface area (Å²) in [6.07, 6.45) is 0. The second-order valence-corrected chi connectivity index (χ2v) is 5.29. The van der Waals surface area contributed by atoms with Gasteiger partial charge >= 0.3 is 0 Å². The molecule has 0 aliphatic rings. The Morgan fingerprint density at radius 2 is 1.71 bits per heavy atom. The lowest BCUT2D eigenvalue weighted by Crippen LogP contribution is -2.12. The van der Waals surface area contributed by atoms with Crippen molar-refractivity contribution in [1.82, 2.24) is 20.2 Å². The molecule has 0 saturated heterocycles. The molecule has 0 spiro atoms. The van der Waals surface area contributed by atoms with Gasteiger partial charge in [-0.3, -0.25) is 0 Å². The minimum atomic E-state index is -0.0182. The smallest absolute Gasteiger partial charge is 0.173 e. The van der Waals surface area contributed by atoms with Crippen LogP contribution in [0, 0.1) is 11.3 Å². The summed E-state index contributed by atoms with van der Waals surface area (Å²) in [6, 6.07) is 16.7. The molecule has 0 fully saturated rings. The van der Waals surface area contributed by atoms with E-state index in [1.54, 1.807) is 28.9 Å². The van der Waals surface area contributed by atoms with E-state index in [0.717, 1.165) is 17.3 Å². The van der Waals surface area contributed by atoms with E-state index < -0.39 is 0 Å². The van der Waals surface area contributed by atoms with Crippen LogP contribution in [-0.4, -0.2) is 20.2 Å². The molecule has 1 aromatic heterocycles. The molecule has 0 bridgehead atoms. The zero-order valence-corrected chi connectivity index (χ0v) is 13.3. The molecule has 7 heteroatoms. The van der Waals surface area contributed by atoms with Crippen LogP contribution in [0.1, 0.15) is 24.4 Å². The molecule has 1 N–H and O–H groups in total. The van der Waals surface area contributed by atoms with Gasteiger partial charge in [0.15, 0.2) is 5.82 Å². The van der Waals surface area contributed by atoms with Crippen molar-refractivity contribution < 1.29 is 4.74 Å². The standard InChI is InChI=1S/C17H16N6O/c1-12(17-20-21-22-23(17)2)19-14-5-9-16(10-6-14)24-15-7-3-13(11-18)4-8-15/h3-10,12,19H,1-2H3/t12-/m0/s1. The third-order valence-electron chi connectivity index (χ3n) is 3.50. The van der Waals surface area contributed by atoms with E-state index in [0.29, 0.717) is 11.3 Å². The third kappa shape index (κ3) is 3.50. The first-order chi connectivity index (χ1) is 11.7. The number of anilines is 1. The van der Waals surface area contributed by atoms with Gasteiger partial charge in [-0.05, 0) is 65.9 Å². The highest BCUT2D eigenvalue weighted by atomic mass is 16.5. The summed E-state index contributed by atoms with van der Waals surface area (Å²) in [6.45, 7) is 1.99. The number of nitriles is 1. The Kier molecular flexibility index (Phi) is 4.38. The molecule has 7 nitrogen and oxygen atoms in total. The van der Waals surface area contributed by atoms with Gasteiger partial charge in [-0.25, -0.2) is 4.68 Å². The fourth-order valence-corrected chi connectivity index (χ4v) is 2.27. The highest BCUT2D eigenvalue weighted by molar-refractivity contribution is 5.48. The Morgan fingerprint density at radius 3 is 2.25 bits per heavy atom. The first-order valence-electron chi connectivity index (χ1n) is 7.42. The lowest BCUT2D eigenvalue weighted by Gasteiger charge is -2.14. The van der Waals surface area contributed by atoms with Crippen LogP contribution in [-0.2, 0) is 7.05 Å². The number of nitrogens with one attached hydrogen (secondary N) is 1. The molecule has 0 unspecified atom stereocenters. The number of ether oxygens (including phenoxy) is 1. The summed E-state index contributed by atoms with van der Waals surface area (Å²) in [5.41, 5.74) is 1.55. The zero-order valence-electron chi connectivity index (χ0n) is 13.3. The van der Waals surface area contributed by atoms with Crippen molar-refractivity contribution in [3.8, 4) is 17.6 Å². The Labute approximate surface area is 139 Å². The van der Waals surface area contributed by atoms with Crippen molar-refractivity contribution in [2.24, 2.45) is 7.05 Å². The number of aromatic nitrogens is 4. The van der Waals surface area contributed by atoms with Gasteiger partial charge in [-0.1, -0.05) is 0 Å². The van der Waals surface area contributed by atoms with Crippen LogP contribution in [0.4, 0.5) is 5.69 Å². The predicted octanol–water partition coefficient (Wildman–Crippen LogP) is 3.05. The highest BCUT2D eigenvalue weighted by Crippen LogP contribution is 2.24. The van der Waals surface area contributed by atoms with Gasteiger partial charge in [-0.2, -0.15) is 5.26 Å². The second-order valence-electron chi connectivity index (χ2n) is 5.29. The van der Waals surface area contributed by atoms with Crippen molar-refractivity contribution >= 4 is 5.69 Å². The van der Waals surface area contributed by atoms with Crippen LogP contribution in [0.2, 0.25) is 0 Å². The topological polar surface area (TPSA) is 88.7 Å². The normalized spacial score (nSPS) is 11.5. The molecular formula is C17H16N6O. The van der Waals surface area contributed by atoms with E-state index in [2.05, 4.69) is 26.9 Å². The van der Waals surface area contributed by atoms with E-state index in [4.69, 9.17) is 10.00 Å². The van der Waals surface area contributed by atoms with Crippen molar-refractivity contribution in [2.75, 3.05) is 5.32 Å². The summed E-state index contributed by atoms with van der Waals surface area (Å²) in [7, 11) is 1.81. The monoisotopic (exact) mass is 320 g/mol. The van der Waals surface area contributed by atoms with Crippen LogP contribution >= 0.6 is 0 Å². The predicted molar refractivity (Wildman–Crippen MR) is 88.5 cm³/mol. The van der Waals surface area contributed by atoms with Crippen molar-refractivity contribution in [1.29, 1.82) is 5.26 Å². The average molecular weight is 320 g/mol. The van der Waals surface area contributed by atoms with Gasteiger partial charge in [0.2, 0.25) is 0 Å². The summed E-state index contributed by atoms with van der Waals surface area (Å²) >= 11 is 0. The fraction of sp³-hybridized carbons (Fsp3) is 0.176. The van der Waals surface area contributed by atoms with Gasteiger partial charge in [-0.15, -0.1) is 5.10 Å². The van der Waals surface area contributed by atoms with E-state index >= 15 is 0 Å². The molecule has 24 heavy (non-hydrogen) atoms. The van der Waals surface area contributed by atoms with Gasteiger partial charge in [0.1, 0.15) is 11.5 Å². The Hall–Kier alpha value is -3.40. The molecule has 3 aromatic rings. The molecule has 0 amide bonds. The van der Waals surface area contributed by atoms with E-state index in [1.807, 2.05) is 38.2 Å². The van der Waals surface area contributed by atoms with E-state index in [9.17, 15) is 0 Å². The lowest BCUT2D eigenvalue weighted by molar-refractivity contribution is 0.482. The van der Waals surface area contributed by atoms with Crippen molar-refractivity contribution in [2.45, 2.75) is 13.0 Å². The average Bonchev–Trinajstić information content (AvgIpc) is 3.03. The minimum absolute atomic E-state index is 0.0182. The Morgan fingerprint density at radius 1 is 1.08 bits per heavy atom. The number of aryl methyl sites for hydroxylation is 1. The molecule has 2 aromatic carbocycles. The van der Waals surface area contributed by atoms with Crippen LogP contribution in [0.15, 0.2) is 48.5 Å². The molecule has 0 radical (unpaired) electrons. The van der Waals surface area contributed by atoms with E-state index in [1.165, 1.54) is 0 Å². The molecule has 3 rings (SSSR count). The van der Waals surface area contributed by atoms with Crippen LogP contribution in [0.5, 0.6) is 11.5 Å². The fourth-order valence-electron chi connectivity index (χ4n) is 2.27. The minimum Gasteiger partial charge on any atom is -0.457 e. The van der Waals surface area contributed by atoms with Crippen LogP contribution in [0.3, 0.4) is 0 Å².